The van der Waals surface area contributed by atoms with Crippen LogP contribution in [0.1, 0.15) is 10.4 Å². The van der Waals surface area contributed by atoms with Crippen LogP contribution in [0, 0.1) is 0 Å². The van der Waals surface area contributed by atoms with Gasteiger partial charge in [0.1, 0.15) is 5.75 Å². The van der Waals surface area contributed by atoms with E-state index in [1.165, 1.54) is 42.8 Å². The molecule has 1 saturated heterocycles. The molecule has 0 aliphatic carbocycles. The number of benzene rings is 2. The number of nitrogens with zero attached hydrogens (tertiary/aromatic N) is 2. The molecule has 1 aliphatic rings. The number of carbonyl (C=O) groups is 1. The van der Waals surface area contributed by atoms with E-state index in [2.05, 4.69) is 0 Å². The lowest BCUT2D eigenvalue weighted by atomic mass is 10.2. The number of aromatic hydroxyl groups is 1. The average molecular weight is 406 g/mol. The molecule has 1 fully saturated rings. The Morgan fingerprint density at radius 2 is 1.54 bits per heavy atom. The van der Waals surface area contributed by atoms with Gasteiger partial charge in [-0.05, 0) is 36.4 Å². The molecule has 2 aromatic carbocycles. The SMILES string of the molecule is COc1ccc(S(=O)(=O)N2CCN(C(=O)c3ccc(O)cc3)CC2)cc1OC. The summed E-state index contributed by atoms with van der Waals surface area (Å²) in [6, 6.07) is 10.5. The van der Waals surface area contributed by atoms with Crippen LogP contribution in [0.5, 0.6) is 17.2 Å². The lowest BCUT2D eigenvalue weighted by molar-refractivity contribution is 0.0698. The average Bonchev–Trinajstić information content (AvgIpc) is 2.73. The van der Waals surface area contributed by atoms with Crippen LogP contribution in [-0.2, 0) is 10.0 Å². The van der Waals surface area contributed by atoms with E-state index < -0.39 is 10.0 Å². The minimum atomic E-state index is -3.71. The summed E-state index contributed by atoms with van der Waals surface area (Å²) in [6.07, 6.45) is 0. The molecule has 1 N–H and O–H groups in total. The van der Waals surface area contributed by atoms with Crippen LogP contribution in [-0.4, -0.2) is 69.0 Å². The minimum absolute atomic E-state index is 0.0855. The molecule has 0 radical (unpaired) electrons. The van der Waals surface area contributed by atoms with Gasteiger partial charge in [0.15, 0.2) is 11.5 Å². The predicted octanol–water partition coefficient (Wildman–Crippen LogP) is 1.56. The van der Waals surface area contributed by atoms with Crippen LogP contribution in [0.4, 0.5) is 0 Å². The van der Waals surface area contributed by atoms with Crippen molar-refractivity contribution in [1.82, 2.24) is 9.21 Å². The Bertz CT molecular complexity index is 951. The third-order valence-electron chi connectivity index (χ3n) is 4.63. The van der Waals surface area contributed by atoms with Crippen molar-refractivity contribution in [2.45, 2.75) is 4.90 Å². The quantitative estimate of drug-likeness (QED) is 0.810. The van der Waals surface area contributed by atoms with Gasteiger partial charge in [-0.1, -0.05) is 0 Å². The lowest BCUT2D eigenvalue weighted by Crippen LogP contribution is -2.50. The van der Waals surface area contributed by atoms with Crippen LogP contribution >= 0.6 is 0 Å². The molecule has 0 atom stereocenters. The van der Waals surface area contributed by atoms with Gasteiger partial charge in [0.25, 0.3) is 5.91 Å². The fraction of sp³-hybridized carbons (Fsp3) is 0.316. The van der Waals surface area contributed by atoms with Crippen molar-refractivity contribution in [3.05, 3.63) is 48.0 Å². The number of carbonyl (C=O) groups excluding carboxylic acids is 1. The first-order chi connectivity index (χ1) is 13.4. The van der Waals surface area contributed by atoms with Gasteiger partial charge >= 0.3 is 0 Å². The second-order valence-electron chi connectivity index (χ2n) is 6.26. The Kier molecular flexibility index (Phi) is 5.76. The number of rotatable bonds is 5. The maximum absolute atomic E-state index is 12.9. The molecule has 0 bridgehead atoms. The van der Waals surface area contributed by atoms with Gasteiger partial charge in [-0.15, -0.1) is 0 Å². The highest BCUT2D eigenvalue weighted by Crippen LogP contribution is 2.31. The van der Waals surface area contributed by atoms with Gasteiger partial charge in [-0.3, -0.25) is 4.79 Å². The van der Waals surface area contributed by atoms with Gasteiger partial charge in [0, 0.05) is 37.8 Å². The zero-order chi connectivity index (χ0) is 20.3. The number of phenols is 1. The summed E-state index contributed by atoms with van der Waals surface area (Å²) in [5.74, 6) is 0.682. The van der Waals surface area contributed by atoms with E-state index >= 15 is 0 Å². The van der Waals surface area contributed by atoms with Gasteiger partial charge < -0.3 is 19.5 Å². The van der Waals surface area contributed by atoms with Crippen molar-refractivity contribution in [1.29, 1.82) is 0 Å². The second kappa shape index (κ2) is 8.07. The predicted molar refractivity (Wildman–Crippen MR) is 102 cm³/mol. The first-order valence-corrected chi connectivity index (χ1v) is 10.1. The molecule has 2 aromatic rings. The number of methoxy groups -OCH3 is 2. The summed E-state index contributed by atoms with van der Waals surface area (Å²) in [5.41, 5.74) is 0.453. The topological polar surface area (TPSA) is 96.4 Å². The summed E-state index contributed by atoms with van der Waals surface area (Å²) in [6.45, 7) is 0.958. The molecule has 150 valence electrons. The Balaban J connectivity index is 1.71. The van der Waals surface area contributed by atoms with Crippen molar-refractivity contribution >= 4 is 15.9 Å². The van der Waals surface area contributed by atoms with Crippen LogP contribution < -0.4 is 9.47 Å². The van der Waals surface area contributed by atoms with Crippen molar-refractivity contribution in [3.63, 3.8) is 0 Å². The van der Waals surface area contributed by atoms with Crippen molar-refractivity contribution in [2.75, 3.05) is 40.4 Å². The largest absolute Gasteiger partial charge is 0.508 e. The standard InChI is InChI=1S/C19H22N2O6S/c1-26-17-8-7-16(13-18(17)27-2)28(24,25)21-11-9-20(10-12-21)19(23)14-3-5-15(22)6-4-14/h3-8,13,22H,9-12H2,1-2H3. The fourth-order valence-corrected chi connectivity index (χ4v) is 4.48. The molecule has 0 spiro atoms. The van der Waals surface area contributed by atoms with Crippen LogP contribution in [0.3, 0.4) is 0 Å². The fourth-order valence-electron chi connectivity index (χ4n) is 3.04. The molecule has 0 saturated carbocycles. The first-order valence-electron chi connectivity index (χ1n) is 8.67. The number of ether oxygens (including phenoxy) is 2. The normalized spacial score (nSPS) is 15.3. The van der Waals surface area contributed by atoms with Gasteiger partial charge in [-0.2, -0.15) is 4.31 Å². The van der Waals surface area contributed by atoms with Crippen LogP contribution in [0.15, 0.2) is 47.4 Å². The molecule has 0 unspecified atom stereocenters. The lowest BCUT2D eigenvalue weighted by Gasteiger charge is -2.34. The summed E-state index contributed by atoms with van der Waals surface area (Å²) >= 11 is 0. The third kappa shape index (κ3) is 3.90. The van der Waals surface area contributed by atoms with E-state index in [1.807, 2.05) is 0 Å². The third-order valence-corrected chi connectivity index (χ3v) is 6.53. The maximum Gasteiger partial charge on any atom is 0.253 e. The van der Waals surface area contributed by atoms with Gasteiger partial charge in [-0.25, -0.2) is 8.42 Å². The zero-order valence-corrected chi connectivity index (χ0v) is 16.5. The Morgan fingerprint density at radius 1 is 0.929 bits per heavy atom. The maximum atomic E-state index is 12.9. The minimum Gasteiger partial charge on any atom is -0.508 e. The monoisotopic (exact) mass is 406 g/mol. The smallest absolute Gasteiger partial charge is 0.253 e. The van der Waals surface area contributed by atoms with E-state index in [4.69, 9.17) is 9.47 Å². The van der Waals surface area contributed by atoms with Crippen molar-refractivity contribution < 1.29 is 27.8 Å². The zero-order valence-electron chi connectivity index (χ0n) is 15.7. The molecule has 28 heavy (non-hydrogen) atoms. The molecule has 1 amide bonds. The van der Waals surface area contributed by atoms with Crippen molar-refractivity contribution in [3.8, 4) is 17.2 Å². The van der Waals surface area contributed by atoms with Crippen LogP contribution in [0.2, 0.25) is 0 Å². The number of piperazine rings is 1. The Labute approximate surface area is 164 Å². The summed E-state index contributed by atoms with van der Waals surface area (Å²) in [7, 11) is -0.783. The number of sulfonamides is 1. The molecule has 3 rings (SSSR count). The van der Waals surface area contributed by atoms with Gasteiger partial charge in [0.05, 0.1) is 19.1 Å². The molecule has 0 aromatic heterocycles. The summed E-state index contributed by atoms with van der Waals surface area (Å²) < 4.78 is 37.6. The summed E-state index contributed by atoms with van der Waals surface area (Å²) in [4.78, 5) is 14.3. The van der Waals surface area contributed by atoms with E-state index in [9.17, 15) is 18.3 Å². The van der Waals surface area contributed by atoms with Crippen molar-refractivity contribution in [2.24, 2.45) is 0 Å². The summed E-state index contributed by atoms with van der Waals surface area (Å²) in [5, 5.41) is 9.34. The first kappa shape index (κ1) is 20.0. The molecule has 1 heterocycles. The molecule has 8 nitrogen and oxygen atoms in total. The molecular weight excluding hydrogens is 384 g/mol. The van der Waals surface area contributed by atoms with E-state index in [1.54, 1.807) is 23.1 Å². The molecular formula is C19H22N2O6S. The molecule has 9 heteroatoms. The number of phenolic OH excluding ortho intramolecular Hbond substituents is 1. The highest BCUT2D eigenvalue weighted by atomic mass is 32.2. The second-order valence-corrected chi connectivity index (χ2v) is 8.20. The highest BCUT2D eigenvalue weighted by molar-refractivity contribution is 7.89. The Morgan fingerprint density at radius 3 is 2.11 bits per heavy atom. The highest BCUT2D eigenvalue weighted by Gasteiger charge is 2.31. The van der Waals surface area contributed by atoms with E-state index in [0.717, 1.165) is 0 Å². The van der Waals surface area contributed by atoms with Gasteiger partial charge in [0.2, 0.25) is 10.0 Å². The number of hydrogen-bond donors (Lipinski definition) is 1. The van der Waals surface area contributed by atoms with Crippen LogP contribution in [0.25, 0.3) is 0 Å². The van der Waals surface area contributed by atoms with E-state index in [0.29, 0.717) is 17.1 Å². The number of amides is 1. The number of hydrogen-bond acceptors (Lipinski definition) is 6. The Hall–Kier alpha value is -2.78. The van der Waals surface area contributed by atoms with E-state index in [-0.39, 0.29) is 42.7 Å². The molecule has 1 aliphatic heterocycles.